The topological polar surface area (TPSA) is 63.3 Å². The van der Waals surface area contributed by atoms with Crippen LogP contribution in [0.5, 0.6) is 17.2 Å². The minimum Gasteiger partial charge on any atom is -0.493 e. The van der Waals surface area contributed by atoms with E-state index in [1.165, 1.54) is 0 Å². The second-order valence-corrected chi connectivity index (χ2v) is 6.97. The Hall–Kier alpha value is -3.09. The van der Waals surface area contributed by atoms with Crippen LogP contribution in [0, 0.1) is 0 Å². The molecule has 1 aliphatic heterocycles. The molecule has 2 aromatic rings. The van der Waals surface area contributed by atoms with Crippen molar-refractivity contribution in [2.45, 2.75) is 19.6 Å². The summed E-state index contributed by atoms with van der Waals surface area (Å²) in [5.74, 6) is 2.17. The molecule has 0 spiro atoms. The maximum Gasteiger partial charge on any atom is 0.317 e. The van der Waals surface area contributed by atoms with Gasteiger partial charge in [0.1, 0.15) is 11.9 Å². The molecule has 1 heterocycles. The number of anilines is 1. The van der Waals surface area contributed by atoms with E-state index >= 15 is 0 Å². The van der Waals surface area contributed by atoms with Gasteiger partial charge in [0.25, 0.3) is 0 Å². The lowest BCUT2D eigenvalue weighted by molar-refractivity contribution is 0.145. The number of amides is 2. The van der Waals surface area contributed by atoms with Crippen LogP contribution in [0.2, 0.25) is 0 Å². The average Bonchev–Trinajstić information content (AvgIpc) is 2.76. The number of nitrogens with one attached hydrogen (secondary N) is 1. The van der Waals surface area contributed by atoms with E-state index in [-0.39, 0.29) is 12.1 Å². The molecule has 1 N–H and O–H groups in total. The van der Waals surface area contributed by atoms with Crippen molar-refractivity contribution < 1.29 is 19.0 Å². The molecule has 7 heteroatoms. The second kappa shape index (κ2) is 9.41. The third kappa shape index (κ3) is 4.85. The van der Waals surface area contributed by atoms with Gasteiger partial charge >= 0.3 is 6.03 Å². The van der Waals surface area contributed by atoms with E-state index in [9.17, 15) is 4.79 Å². The number of benzene rings is 2. The number of urea groups is 1. The van der Waals surface area contributed by atoms with E-state index in [1.54, 1.807) is 26.2 Å². The molecule has 2 amide bonds. The first-order valence-electron chi connectivity index (χ1n) is 9.76. The number of hydrogen-bond acceptors (Lipinski definition) is 5. The number of carbonyl (C=O) groups excluding carboxylic acids is 1. The van der Waals surface area contributed by atoms with Crippen LogP contribution >= 0.6 is 0 Å². The van der Waals surface area contributed by atoms with Crippen molar-refractivity contribution in [3.8, 4) is 17.2 Å². The summed E-state index contributed by atoms with van der Waals surface area (Å²) in [4.78, 5) is 16.5. The van der Waals surface area contributed by atoms with Gasteiger partial charge in [0.2, 0.25) is 0 Å². The molecule has 1 aliphatic rings. The smallest absolute Gasteiger partial charge is 0.317 e. The third-order valence-electron chi connectivity index (χ3n) is 5.02. The molecular weight excluding hydrogens is 370 g/mol. The van der Waals surface area contributed by atoms with Gasteiger partial charge in [0.15, 0.2) is 11.5 Å². The third-order valence-corrected chi connectivity index (χ3v) is 5.02. The fourth-order valence-electron chi connectivity index (χ4n) is 3.47. The highest BCUT2D eigenvalue weighted by atomic mass is 16.5. The van der Waals surface area contributed by atoms with Crippen LogP contribution in [0.4, 0.5) is 10.5 Å². The number of para-hydroxylation sites is 2. The SMILES string of the molecule is CCN1CC(CN(C)C(=O)NCc2ccc(OC)c(OC)c2)Oc2ccccc21. The van der Waals surface area contributed by atoms with Crippen LogP contribution in [0.15, 0.2) is 42.5 Å². The molecule has 0 radical (unpaired) electrons. The summed E-state index contributed by atoms with van der Waals surface area (Å²) in [7, 11) is 4.97. The van der Waals surface area contributed by atoms with Crippen molar-refractivity contribution in [3.05, 3.63) is 48.0 Å². The lowest BCUT2D eigenvalue weighted by Crippen LogP contribution is -2.48. The van der Waals surface area contributed by atoms with Gasteiger partial charge in [-0.1, -0.05) is 18.2 Å². The highest BCUT2D eigenvalue weighted by molar-refractivity contribution is 5.74. The Labute approximate surface area is 172 Å². The van der Waals surface area contributed by atoms with Crippen LogP contribution < -0.4 is 24.4 Å². The number of ether oxygens (including phenoxy) is 3. The number of methoxy groups -OCH3 is 2. The molecule has 0 saturated carbocycles. The number of hydrogen-bond donors (Lipinski definition) is 1. The highest BCUT2D eigenvalue weighted by Gasteiger charge is 2.26. The van der Waals surface area contributed by atoms with E-state index in [4.69, 9.17) is 14.2 Å². The Kier molecular flexibility index (Phi) is 6.69. The Balaban J connectivity index is 1.56. The van der Waals surface area contributed by atoms with Gasteiger partial charge < -0.3 is 29.3 Å². The molecule has 29 heavy (non-hydrogen) atoms. The van der Waals surface area contributed by atoms with Gasteiger partial charge in [-0.05, 0) is 36.8 Å². The number of likely N-dealkylation sites (N-methyl/N-ethyl adjacent to an activating group) is 2. The summed E-state index contributed by atoms with van der Waals surface area (Å²) in [6.45, 7) is 4.67. The normalized spacial score (nSPS) is 15.2. The van der Waals surface area contributed by atoms with Crippen molar-refractivity contribution in [2.24, 2.45) is 0 Å². The lowest BCUT2D eigenvalue weighted by atomic mass is 10.2. The number of fused-ring (bicyclic) bond motifs is 1. The van der Waals surface area contributed by atoms with Crippen LogP contribution in [0.25, 0.3) is 0 Å². The quantitative estimate of drug-likeness (QED) is 0.775. The molecule has 0 bridgehead atoms. The molecule has 0 aliphatic carbocycles. The van der Waals surface area contributed by atoms with E-state index in [2.05, 4.69) is 23.2 Å². The zero-order chi connectivity index (χ0) is 20.8. The maximum absolute atomic E-state index is 12.6. The summed E-state index contributed by atoms with van der Waals surface area (Å²) in [5, 5.41) is 2.94. The minimum atomic E-state index is -0.148. The van der Waals surface area contributed by atoms with Gasteiger partial charge in [0.05, 0.1) is 33.0 Å². The first kappa shape index (κ1) is 20.6. The molecular formula is C22H29N3O4. The van der Waals surface area contributed by atoms with Crippen LogP contribution in [-0.2, 0) is 6.54 Å². The summed E-state index contributed by atoms with van der Waals surface area (Å²) >= 11 is 0. The summed E-state index contributed by atoms with van der Waals surface area (Å²) in [6, 6.07) is 13.5. The van der Waals surface area contributed by atoms with Crippen LogP contribution in [0.1, 0.15) is 12.5 Å². The van der Waals surface area contributed by atoms with Crippen molar-refractivity contribution in [2.75, 3.05) is 45.8 Å². The van der Waals surface area contributed by atoms with Crippen molar-refractivity contribution in [1.29, 1.82) is 0 Å². The van der Waals surface area contributed by atoms with Gasteiger partial charge in [-0.15, -0.1) is 0 Å². The Morgan fingerprint density at radius 1 is 1.21 bits per heavy atom. The first-order valence-corrected chi connectivity index (χ1v) is 9.76. The van der Waals surface area contributed by atoms with Crippen LogP contribution in [-0.4, -0.2) is 57.9 Å². The lowest BCUT2D eigenvalue weighted by Gasteiger charge is -2.37. The zero-order valence-electron chi connectivity index (χ0n) is 17.5. The van der Waals surface area contributed by atoms with Gasteiger partial charge in [-0.25, -0.2) is 4.79 Å². The molecule has 0 saturated heterocycles. The predicted molar refractivity (Wildman–Crippen MR) is 113 cm³/mol. The molecule has 7 nitrogen and oxygen atoms in total. The number of rotatable bonds is 7. The summed E-state index contributed by atoms with van der Waals surface area (Å²) in [5.41, 5.74) is 2.04. The highest BCUT2D eigenvalue weighted by Crippen LogP contribution is 2.33. The van der Waals surface area contributed by atoms with Gasteiger partial charge in [-0.2, -0.15) is 0 Å². The molecule has 156 valence electrons. The summed E-state index contributed by atoms with van der Waals surface area (Å²) < 4.78 is 16.7. The Morgan fingerprint density at radius 3 is 2.69 bits per heavy atom. The zero-order valence-corrected chi connectivity index (χ0v) is 17.5. The minimum absolute atomic E-state index is 0.0818. The fraction of sp³-hybridized carbons (Fsp3) is 0.409. The van der Waals surface area contributed by atoms with E-state index in [0.29, 0.717) is 24.6 Å². The Bertz CT molecular complexity index is 843. The summed E-state index contributed by atoms with van der Waals surface area (Å²) in [6.07, 6.45) is -0.0818. The molecule has 1 atom stereocenters. The first-order chi connectivity index (χ1) is 14.0. The monoisotopic (exact) mass is 399 g/mol. The van der Waals surface area contributed by atoms with Gasteiger partial charge in [0, 0.05) is 20.1 Å². The molecule has 1 unspecified atom stereocenters. The Morgan fingerprint density at radius 2 is 1.97 bits per heavy atom. The van der Waals surface area contributed by atoms with Crippen molar-refractivity contribution in [1.82, 2.24) is 10.2 Å². The average molecular weight is 399 g/mol. The standard InChI is InChI=1S/C22H29N3O4/c1-5-25-15-17(29-19-9-7-6-8-18(19)25)14-24(2)22(26)23-13-16-10-11-20(27-3)21(12-16)28-4/h6-12,17H,5,13-15H2,1-4H3,(H,23,26). The predicted octanol–water partition coefficient (Wildman–Crippen LogP) is 3.13. The number of nitrogens with zero attached hydrogens (tertiary/aromatic N) is 2. The second-order valence-electron chi connectivity index (χ2n) is 6.97. The fourth-order valence-corrected chi connectivity index (χ4v) is 3.47. The number of carbonyl (C=O) groups is 1. The van der Waals surface area contributed by atoms with Crippen LogP contribution in [0.3, 0.4) is 0 Å². The van der Waals surface area contributed by atoms with Crippen molar-refractivity contribution >= 4 is 11.7 Å². The molecule has 0 aromatic heterocycles. The molecule has 3 rings (SSSR count). The van der Waals surface area contributed by atoms with Crippen molar-refractivity contribution in [3.63, 3.8) is 0 Å². The molecule has 2 aromatic carbocycles. The van der Waals surface area contributed by atoms with Gasteiger partial charge in [-0.3, -0.25) is 0 Å². The molecule has 0 fully saturated rings. The van der Waals surface area contributed by atoms with E-state index < -0.39 is 0 Å². The largest absolute Gasteiger partial charge is 0.493 e. The maximum atomic E-state index is 12.6. The van der Waals surface area contributed by atoms with E-state index in [0.717, 1.165) is 30.1 Å². The van der Waals surface area contributed by atoms with E-state index in [1.807, 2.05) is 36.4 Å².